The summed E-state index contributed by atoms with van der Waals surface area (Å²) < 4.78 is 13.4. The van der Waals surface area contributed by atoms with Gasteiger partial charge in [0.2, 0.25) is 25.1 Å². The van der Waals surface area contributed by atoms with Crippen molar-refractivity contribution in [2.24, 2.45) is 11.7 Å². The number of nitriles is 1. The highest BCUT2D eigenvalue weighted by molar-refractivity contribution is 7.58. The molecule has 3 amide bonds. The molecule has 11 heteroatoms. The number of nitrogens with one attached hydrogen (secondary N) is 2. The Morgan fingerprint density at radius 2 is 1.75 bits per heavy atom. The van der Waals surface area contributed by atoms with E-state index in [4.69, 9.17) is 5.73 Å². The first-order valence-corrected chi connectivity index (χ1v) is 15.4. The molecule has 3 unspecified atom stereocenters. The topological polar surface area (TPSA) is 166 Å². The van der Waals surface area contributed by atoms with Crippen LogP contribution in [-0.4, -0.2) is 58.1 Å². The van der Waals surface area contributed by atoms with Gasteiger partial charge in [-0.3, -0.25) is 18.9 Å². The largest absolute Gasteiger partial charge is 0.352 e. The second kappa shape index (κ2) is 14.8. The summed E-state index contributed by atoms with van der Waals surface area (Å²) in [5, 5.41) is 14.6. The zero-order chi connectivity index (χ0) is 29.1. The smallest absolute Gasteiger partial charge is 0.240 e. The number of carbonyl (C=O) groups is 3. The van der Waals surface area contributed by atoms with E-state index in [9.17, 15) is 29.1 Å². The summed E-state index contributed by atoms with van der Waals surface area (Å²) in [5.74, 6) is -3.13. The SMILES string of the molecule is CC(NC(=O)CC[C@H](N)C(=O)N1CCC[C@H]1C#N)P(=O)(O)CC(Cc1ccccc1)C(=O)NCc1ccccc1. The van der Waals surface area contributed by atoms with E-state index in [0.717, 1.165) is 17.5 Å². The number of benzene rings is 2. The Kier molecular flexibility index (Phi) is 11.4. The van der Waals surface area contributed by atoms with Gasteiger partial charge in [0, 0.05) is 25.7 Å². The van der Waals surface area contributed by atoms with Crippen molar-refractivity contribution in [3.8, 4) is 6.07 Å². The van der Waals surface area contributed by atoms with Crippen molar-refractivity contribution in [1.29, 1.82) is 5.26 Å². The van der Waals surface area contributed by atoms with E-state index in [0.29, 0.717) is 19.5 Å². The number of nitrogens with zero attached hydrogens (tertiary/aromatic N) is 2. The predicted molar refractivity (Wildman–Crippen MR) is 152 cm³/mol. The Morgan fingerprint density at radius 1 is 1.12 bits per heavy atom. The molecule has 1 heterocycles. The quantitative estimate of drug-likeness (QED) is 0.270. The molecule has 0 spiro atoms. The van der Waals surface area contributed by atoms with Gasteiger partial charge in [-0.1, -0.05) is 60.7 Å². The number of rotatable bonds is 13. The van der Waals surface area contributed by atoms with Crippen molar-refractivity contribution in [2.75, 3.05) is 12.7 Å². The number of nitrogens with two attached hydrogens (primary N) is 1. The molecular weight excluding hydrogens is 529 g/mol. The van der Waals surface area contributed by atoms with E-state index < -0.39 is 37.1 Å². The molecule has 2 aromatic rings. The number of carbonyl (C=O) groups excluding carboxylic acids is 3. The third-order valence-corrected chi connectivity index (χ3v) is 9.45. The molecule has 0 saturated carbocycles. The lowest BCUT2D eigenvalue weighted by molar-refractivity contribution is -0.133. The van der Waals surface area contributed by atoms with E-state index in [1.807, 2.05) is 60.7 Å². The maximum atomic E-state index is 13.4. The highest BCUT2D eigenvalue weighted by Crippen LogP contribution is 2.47. The fraction of sp³-hybridized carbons (Fsp3) is 0.448. The molecule has 5 atom stereocenters. The van der Waals surface area contributed by atoms with Gasteiger partial charge in [0.1, 0.15) is 11.8 Å². The molecule has 1 saturated heterocycles. The van der Waals surface area contributed by atoms with Gasteiger partial charge in [-0.05, 0) is 43.7 Å². The van der Waals surface area contributed by atoms with Crippen LogP contribution in [0.2, 0.25) is 0 Å². The second-order valence-electron chi connectivity index (χ2n) is 10.2. The molecule has 0 aromatic heterocycles. The number of hydrogen-bond acceptors (Lipinski definition) is 6. The van der Waals surface area contributed by atoms with Crippen molar-refractivity contribution >= 4 is 25.1 Å². The zero-order valence-corrected chi connectivity index (χ0v) is 23.6. The summed E-state index contributed by atoms with van der Waals surface area (Å²) in [6, 6.07) is 19.3. The lowest BCUT2D eigenvalue weighted by Crippen LogP contribution is -2.46. The molecule has 1 aliphatic rings. The van der Waals surface area contributed by atoms with Gasteiger partial charge in [-0.25, -0.2) is 0 Å². The Morgan fingerprint density at radius 3 is 2.38 bits per heavy atom. The molecule has 5 N–H and O–H groups in total. The van der Waals surface area contributed by atoms with Crippen LogP contribution in [0.1, 0.15) is 43.7 Å². The standard InChI is InChI=1S/C29H38N5O5P/c1-21(33-27(35)15-14-26(31)29(37)34-16-8-13-25(34)18-30)40(38,39)20-24(17-22-9-4-2-5-10-22)28(36)32-19-23-11-6-3-7-12-23/h2-7,9-12,21,24-26H,8,13-17,19-20,31H2,1H3,(H,32,36)(H,33,35)(H,38,39)/t21?,24?,25-,26-/m0/s1. The van der Waals surface area contributed by atoms with E-state index in [2.05, 4.69) is 16.7 Å². The van der Waals surface area contributed by atoms with Crippen LogP contribution in [-0.2, 0) is 31.9 Å². The average Bonchev–Trinajstić information content (AvgIpc) is 3.44. The summed E-state index contributed by atoms with van der Waals surface area (Å²) in [4.78, 5) is 50.7. The molecule has 0 aliphatic carbocycles. The molecule has 2 aromatic carbocycles. The van der Waals surface area contributed by atoms with Crippen molar-refractivity contribution in [3.63, 3.8) is 0 Å². The minimum atomic E-state index is -4.01. The van der Waals surface area contributed by atoms with Crippen LogP contribution in [0.3, 0.4) is 0 Å². The lowest BCUT2D eigenvalue weighted by atomic mass is 10.00. The summed E-state index contributed by atoms with van der Waals surface area (Å²) in [6.45, 7) is 2.19. The van der Waals surface area contributed by atoms with Crippen LogP contribution in [0.25, 0.3) is 0 Å². The van der Waals surface area contributed by atoms with Crippen LogP contribution < -0.4 is 16.4 Å². The van der Waals surface area contributed by atoms with Crippen LogP contribution in [0, 0.1) is 17.2 Å². The summed E-state index contributed by atoms with van der Waals surface area (Å²) >= 11 is 0. The van der Waals surface area contributed by atoms with Gasteiger partial charge in [-0.15, -0.1) is 0 Å². The van der Waals surface area contributed by atoms with E-state index >= 15 is 0 Å². The van der Waals surface area contributed by atoms with Crippen LogP contribution >= 0.6 is 7.37 Å². The molecular formula is C29H38N5O5P. The minimum absolute atomic E-state index is 0.0420. The molecule has 40 heavy (non-hydrogen) atoms. The van der Waals surface area contributed by atoms with Gasteiger partial charge < -0.3 is 26.2 Å². The summed E-state index contributed by atoms with van der Waals surface area (Å²) in [6.07, 6.45) is 1.22. The lowest BCUT2D eigenvalue weighted by Gasteiger charge is -2.26. The van der Waals surface area contributed by atoms with Crippen molar-refractivity contribution in [3.05, 3.63) is 71.8 Å². The van der Waals surface area contributed by atoms with E-state index in [1.54, 1.807) is 0 Å². The Labute approximate surface area is 235 Å². The predicted octanol–water partition coefficient (Wildman–Crippen LogP) is 2.52. The molecule has 1 fully saturated rings. The Balaban J connectivity index is 1.57. The van der Waals surface area contributed by atoms with Gasteiger partial charge in [0.25, 0.3) is 0 Å². The first-order valence-electron chi connectivity index (χ1n) is 13.5. The highest BCUT2D eigenvalue weighted by Gasteiger charge is 2.35. The highest BCUT2D eigenvalue weighted by atomic mass is 31.2. The van der Waals surface area contributed by atoms with Gasteiger partial charge in [-0.2, -0.15) is 5.26 Å². The van der Waals surface area contributed by atoms with Crippen molar-refractivity contribution in [1.82, 2.24) is 15.5 Å². The molecule has 3 rings (SSSR count). The maximum Gasteiger partial charge on any atom is 0.240 e. The Hall–Kier alpha value is -3.51. The first-order chi connectivity index (χ1) is 19.1. The van der Waals surface area contributed by atoms with Crippen molar-refractivity contribution < 1.29 is 23.8 Å². The van der Waals surface area contributed by atoms with Gasteiger partial charge in [0.15, 0.2) is 0 Å². The van der Waals surface area contributed by atoms with Gasteiger partial charge in [0.05, 0.1) is 18.0 Å². The van der Waals surface area contributed by atoms with Crippen LogP contribution in [0.15, 0.2) is 60.7 Å². The Bertz CT molecular complexity index is 1240. The third-order valence-electron chi connectivity index (χ3n) is 7.15. The number of hydrogen-bond donors (Lipinski definition) is 4. The molecule has 214 valence electrons. The van der Waals surface area contributed by atoms with Crippen LogP contribution in [0.5, 0.6) is 0 Å². The maximum absolute atomic E-state index is 13.4. The molecule has 0 radical (unpaired) electrons. The van der Waals surface area contributed by atoms with E-state index in [-0.39, 0.29) is 37.2 Å². The van der Waals surface area contributed by atoms with Gasteiger partial charge >= 0.3 is 0 Å². The molecule has 1 aliphatic heterocycles. The monoisotopic (exact) mass is 567 g/mol. The zero-order valence-electron chi connectivity index (χ0n) is 22.7. The molecule has 10 nitrogen and oxygen atoms in total. The second-order valence-corrected chi connectivity index (χ2v) is 12.9. The van der Waals surface area contributed by atoms with Crippen molar-refractivity contribution in [2.45, 2.75) is 63.4 Å². The first kappa shape index (κ1) is 31.0. The number of amides is 3. The summed E-state index contributed by atoms with van der Waals surface area (Å²) in [5.41, 5.74) is 7.76. The van der Waals surface area contributed by atoms with Crippen LogP contribution in [0.4, 0.5) is 0 Å². The van der Waals surface area contributed by atoms with E-state index in [1.165, 1.54) is 11.8 Å². The number of likely N-dealkylation sites (tertiary alicyclic amines) is 1. The minimum Gasteiger partial charge on any atom is -0.352 e. The third kappa shape index (κ3) is 9.02. The summed E-state index contributed by atoms with van der Waals surface area (Å²) in [7, 11) is -4.01. The average molecular weight is 568 g/mol. The normalized spacial score (nSPS) is 18.6. The fourth-order valence-corrected chi connectivity index (χ4v) is 6.32. The molecule has 0 bridgehead atoms. The fourth-order valence-electron chi connectivity index (χ4n) is 4.74.